The van der Waals surface area contributed by atoms with E-state index in [0.29, 0.717) is 11.0 Å². The van der Waals surface area contributed by atoms with Crippen LogP contribution in [0.3, 0.4) is 0 Å². The van der Waals surface area contributed by atoms with Crippen molar-refractivity contribution in [2.75, 3.05) is 12.3 Å². The van der Waals surface area contributed by atoms with Crippen LogP contribution < -0.4 is 5.32 Å². The molecule has 0 aromatic carbocycles. The predicted octanol–water partition coefficient (Wildman–Crippen LogP) is 3.82. The highest BCUT2D eigenvalue weighted by molar-refractivity contribution is 8.14. The molecule has 1 spiro atoms. The molecule has 2 aliphatic rings. The minimum Gasteiger partial charge on any atom is -0.359 e. The molecule has 1 saturated heterocycles. The monoisotopic (exact) mass is 254 g/mol. The molecule has 2 rings (SSSR count). The number of rotatable bonds is 3. The zero-order valence-electron chi connectivity index (χ0n) is 11.5. The SMILES string of the molecule is CCC(C)(C)CN=C1NC2(CCCCC2)CS1. The first-order valence-corrected chi connectivity index (χ1v) is 7.99. The maximum Gasteiger partial charge on any atom is 0.157 e. The highest BCUT2D eigenvalue weighted by Gasteiger charge is 2.38. The van der Waals surface area contributed by atoms with Crippen molar-refractivity contribution in [3.8, 4) is 0 Å². The molecule has 0 unspecified atom stereocenters. The molecule has 98 valence electrons. The van der Waals surface area contributed by atoms with E-state index >= 15 is 0 Å². The van der Waals surface area contributed by atoms with E-state index in [-0.39, 0.29) is 0 Å². The summed E-state index contributed by atoms with van der Waals surface area (Å²) in [4.78, 5) is 4.78. The number of thioether (sulfide) groups is 1. The molecule has 1 aliphatic carbocycles. The molecule has 0 radical (unpaired) electrons. The Morgan fingerprint density at radius 1 is 1.29 bits per heavy atom. The van der Waals surface area contributed by atoms with E-state index in [1.807, 2.05) is 11.8 Å². The van der Waals surface area contributed by atoms with Crippen LogP contribution in [0.25, 0.3) is 0 Å². The van der Waals surface area contributed by atoms with Gasteiger partial charge in [0.25, 0.3) is 0 Å². The van der Waals surface area contributed by atoms with Gasteiger partial charge in [-0.25, -0.2) is 0 Å². The second-order valence-electron chi connectivity index (χ2n) is 6.39. The summed E-state index contributed by atoms with van der Waals surface area (Å²) in [6, 6.07) is 0. The van der Waals surface area contributed by atoms with E-state index in [4.69, 9.17) is 4.99 Å². The average Bonchev–Trinajstić information content (AvgIpc) is 2.71. The fourth-order valence-corrected chi connectivity index (χ4v) is 3.70. The van der Waals surface area contributed by atoms with Crippen molar-refractivity contribution in [1.82, 2.24) is 5.32 Å². The fourth-order valence-electron chi connectivity index (χ4n) is 2.49. The molecule has 0 amide bonds. The molecule has 17 heavy (non-hydrogen) atoms. The van der Waals surface area contributed by atoms with Crippen LogP contribution in [0.15, 0.2) is 4.99 Å². The van der Waals surface area contributed by atoms with Gasteiger partial charge in [-0.1, -0.05) is 51.8 Å². The van der Waals surface area contributed by atoms with Crippen LogP contribution in [0.5, 0.6) is 0 Å². The third-order valence-corrected chi connectivity index (χ3v) is 5.48. The van der Waals surface area contributed by atoms with Gasteiger partial charge in [0.15, 0.2) is 5.17 Å². The third kappa shape index (κ3) is 3.40. The van der Waals surface area contributed by atoms with Gasteiger partial charge in [0.1, 0.15) is 0 Å². The zero-order valence-corrected chi connectivity index (χ0v) is 12.3. The Balaban J connectivity index is 1.90. The molecule has 3 heteroatoms. The number of nitrogens with one attached hydrogen (secondary N) is 1. The summed E-state index contributed by atoms with van der Waals surface area (Å²) in [7, 11) is 0. The summed E-state index contributed by atoms with van der Waals surface area (Å²) in [5, 5.41) is 4.92. The lowest BCUT2D eigenvalue weighted by Crippen LogP contribution is -2.45. The van der Waals surface area contributed by atoms with E-state index < -0.39 is 0 Å². The van der Waals surface area contributed by atoms with E-state index in [1.54, 1.807) is 0 Å². The maximum absolute atomic E-state index is 4.78. The van der Waals surface area contributed by atoms with Crippen LogP contribution in [0, 0.1) is 5.41 Å². The molecular formula is C14H26N2S. The van der Waals surface area contributed by atoms with Gasteiger partial charge in [0.2, 0.25) is 0 Å². The van der Waals surface area contributed by atoms with Crippen LogP contribution in [0.4, 0.5) is 0 Å². The molecule has 2 nitrogen and oxygen atoms in total. The van der Waals surface area contributed by atoms with Crippen LogP contribution in [0.2, 0.25) is 0 Å². The summed E-state index contributed by atoms with van der Waals surface area (Å²) >= 11 is 1.94. The van der Waals surface area contributed by atoms with Crippen LogP contribution >= 0.6 is 11.8 Å². The van der Waals surface area contributed by atoms with Gasteiger partial charge in [0, 0.05) is 17.8 Å². The van der Waals surface area contributed by atoms with Gasteiger partial charge in [-0.15, -0.1) is 0 Å². The van der Waals surface area contributed by atoms with Crippen LogP contribution in [-0.2, 0) is 0 Å². The first-order chi connectivity index (χ1) is 8.05. The average molecular weight is 254 g/mol. The molecule has 0 aromatic rings. The Hall–Kier alpha value is -0.180. The lowest BCUT2D eigenvalue weighted by molar-refractivity contribution is 0.303. The van der Waals surface area contributed by atoms with Gasteiger partial charge >= 0.3 is 0 Å². The molecule has 1 N–H and O–H groups in total. The Morgan fingerprint density at radius 3 is 2.65 bits per heavy atom. The maximum atomic E-state index is 4.78. The topological polar surface area (TPSA) is 24.4 Å². The smallest absolute Gasteiger partial charge is 0.157 e. The summed E-state index contributed by atoms with van der Waals surface area (Å²) < 4.78 is 0. The van der Waals surface area contributed by atoms with Crippen molar-refractivity contribution in [1.29, 1.82) is 0 Å². The lowest BCUT2D eigenvalue weighted by Gasteiger charge is -2.32. The highest BCUT2D eigenvalue weighted by atomic mass is 32.2. The van der Waals surface area contributed by atoms with Gasteiger partial charge in [-0.05, 0) is 24.7 Å². The standard InChI is InChI=1S/C14H26N2S/c1-4-13(2,3)10-15-12-16-14(11-17-12)8-6-5-7-9-14/h4-11H2,1-3H3,(H,15,16). The summed E-state index contributed by atoms with van der Waals surface area (Å²) in [6.07, 6.45) is 8.08. The second-order valence-corrected chi connectivity index (χ2v) is 7.36. The molecular weight excluding hydrogens is 228 g/mol. The predicted molar refractivity (Wildman–Crippen MR) is 77.8 cm³/mol. The zero-order chi connectivity index (χ0) is 12.4. The molecule has 0 bridgehead atoms. The van der Waals surface area contributed by atoms with Crippen molar-refractivity contribution in [2.45, 2.75) is 64.8 Å². The molecule has 0 aromatic heterocycles. The second kappa shape index (κ2) is 5.21. The van der Waals surface area contributed by atoms with Gasteiger partial charge < -0.3 is 5.32 Å². The third-order valence-electron chi connectivity index (χ3n) is 4.28. The normalized spacial score (nSPS) is 26.4. The fraction of sp³-hybridized carbons (Fsp3) is 0.929. The first-order valence-electron chi connectivity index (χ1n) is 7.01. The largest absolute Gasteiger partial charge is 0.359 e. The minimum absolute atomic E-state index is 0.345. The highest BCUT2D eigenvalue weighted by Crippen LogP contribution is 2.36. The van der Waals surface area contributed by atoms with E-state index in [9.17, 15) is 0 Å². The number of nitrogens with zero attached hydrogens (tertiary/aromatic N) is 1. The van der Waals surface area contributed by atoms with E-state index in [0.717, 1.165) is 6.54 Å². The van der Waals surface area contributed by atoms with E-state index in [1.165, 1.54) is 49.4 Å². The number of amidine groups is 1. The van der Waals surface area contributed by atoms with Gasteiger partial charge in [-0.3, -0.25) is 4.99 Å². The van der Waals surface area contributed by atoms with Crippen molar-refractivity contribution in [2.24, 2.45) is 10.4 Å². The lowest BCUT2D eigenvalue weighted by atomic mass is 9.83. The molecule has 0 atom stereocenters. The summed E-state index contributed by atoms with van der Waals surface area (Å²) in [6.45, 7) is 7.80. The van der Waals surface area contributed by atoms with E-state index in [2.05, 4.69) is 26.1 Å². The molecule has 1 saturated carbocycles. The quantitative estimate of drug-likeness (QED) is 0.828. The van der Waals surface area contributed by atoms with Crippen molar-refractivity contribution in [3.63, 3.8) is 0 Å². The van der Waals surface area contributed by atoms with Crippen molar-refractivity contribution >= 4 is 16.9 Å². The van der Waals surface area contributed by atoms with Gasteiger partial charge in [0.05, 0.1) is 0 Å². The van der Waals surface area contributed by atoms with Gasteiger partial charge in [-0.2, -0.15) is 0 Å². The molecule has 1 heterocycles. The Labute approximate surface area is 110 Å². The van der Waals surface area contributed by atoms with Crippen LogP contribution in [0.1, 0.15) is 59.3 Å². The van der Waals surface area contributed by atoms with Crippen molar-refractivity contribution in [3.05, 3.63) is 0 Å². The Morgan fingerprint density at radius 2 is 2.00 bits per heavy atom. The summed E-state index contributed by atoms with van der Waals surface area (Å²) in [5.41, 5.74) is 0.746. The summed E-state index contributed by atoms with van der Waals surface area (Å²) in [5.74, 6) is 1.23. The molecule has 2 fully saturated rings. The van der Waals surface area contributed by atoms with Crippen molar-refractivity contribution < 1.29 is 0 Å². The Bertz CT molecular complexity index is 291. The molecule has 1 aliphatic heterocycles. The Kier molecular flexibility index (Phi) is 4.06. The number of aliphatic imine (C=N–C) groups is 1. The number of hydrogen-bond acceptors (Lipinski definition) is 2. The van der Waals surface area contributed by atoms with Crippen LogP contribution in [-0.4, -0.2) is 23.0 Å². The minimum atomic E-state index is 0.345. The first kappa shape index (κ1) is 13.3. The number of hydrogen-bond donors (Lipinski definition) is 1.